The van der Waals surface area contributed by atoms with Crippen LogP contribution in [0, 0.1) is 10.1 Å². The number of hydrazine groups is 1. The molecular weight excluding hydrogens is 442 g/mol. The number of non-ortho nitro benzene ring substituents is 1. The van der Waals surface area contributed by atoms with E-state index < -0.39 is 22.7 Å². The van der Waals surface area contributed by atoms with Gasteiger partial charge in [-0.05, 0) is 42.0 Å². The van der Waals surface area contributed by atoms with Crippen LogP contribution < -0.4 is 15.2 Å². The number of hydrogen-bond acceptors (Lipinski definition) is 6. The van der Waals surface area contributed by atoms with Gasteiger partial charge in [-0.15, -0.1) is 0 Å². The van der Waals surface area contributed by atoms with Gasteiger partial charge >= 0.3 is 5.97 Å². The number of rotatable bonds is 7. The molecule has 2 N–H and O–H groups in total. The van der Waals surface area contributed by atoms with Gasteiger partial charge in [0.05, 0.1) is 16.2 Å². The summed E-state index contributed by atoms with van der Waals surface area (Å²) in [6.07, 6.45) is 1.23. The van der Waals surface area contributed by atoms with Gasteiger partial charge in [-0.25, -0.2) is 9.80 Å². The molecule has 3 aromatic carbocycles. The van der Waals surface area contributed by atoms with Crippen molar-refractivity contribution in [3.63, 3.8) is 0 Å². The van der Waals surface area contributed by atoms with Gasteiger partial charge in [0.15, 0.2) is 0 Å². The molecule has 0 saturated carbocycles. The van der Waals surface area contributed by atoms with E-state index in [1.54, 1.807) is 42.5 Å². The Morgan fingerprint density at radius 1 is 1.06 bits per heavy atom. The quantitative estimate of drug-likeness (QED) is 0.239. The summed E-state index contributed by atoms with van der Waals surface area (Å²) in [5.41, 5.74) is 3.24. The van der Waals surface area contributed by atoms with Crippen LogP contribution in [0.15, 0.2) is 78.4 Å². The molecule has 0 bridgehead atoms. The fourth-order valence-electron chi connectivity index (χ4n) is 3.32. The van der Waals surface area contributed by atoms with Crippen molar-refractivity contribution in [2.45, 2.75) is 6.61 Å². The van der Waals surface area contributed by atoms with Crippen LogP contribution in [0.5, 0.6) is 5.75 Å². The third-order valence-corrected chi connectivity index (χ3v) is 4.98. The number of carboxylic acids is 1. The lowest BCUT2D eigenvalue weighted by atomic mass is 10.1. The molecule has 3 aromatic rings. The molecule has 34 heavy (non-hydrogen) atoms. The lowest BCUT2D eigenvalue weighted by Crippen LogP contribution is -2.35. The van der Waals surface area contributed by atoms with E-state index >= 15 is 0 Å². The number of nitrogens with one attached hydrogen (secondary N) is 1. The lowest BCUT2D eigenvalue weighted by molar-refractivity contribution is -0.384. The van der Waals surface area contributed by atoms with Crippen LogP contribution in [0.3, 0.4) is 0 Å². The van der Waals surface area contributed by atoms with E-state index in [2.05, 4.69) is 5.43 Å². The van der Waals surface area contributed by atoms with Crippen molar-refractivity contribution in [2.24, 2.45) is 0 Å². The Morgan fingerprint density at radius 2 is 1.82 bits per heavy atom. The largest absolute Gasteiger partial charge is 0.488 e. The Bertz CT molecular complexity index is 1340. The number of carbonyl (C=O) groups excluding carboxylic acids is 2. The Labute approximate surface area is 192 Å². The molecule has 0 atom stereocenters. The highest BCUT2D eigenvalue weighted by Crippen LogP contribution is 2.29. The van der Waals surface area contributed by atoms with Gasteiger partial charge in [0.2, 0.25) is 0 Å². The molecule has 0 radical (unpaired) electrons. The van der Waals surface area contributed by atoms with Crippen LogP contribution in [0.4, 0.5) is 11.4 Å². The SMILES string of the molecule is O=C1NN(c2ccccc2)C(=O)C1=Cc1cc([N+](=O)[O-])ccc1OCc1cccc(C(=O)O)c1. The van der Waals surface area contributed by atoms with Crippen LogP contribution in [-0.4, -0.2) is 27.8 Å². The highest BCUT2D eigenvalue weighted by Gasteiger charge is 2.34. The monoisotopic (exact) mass is 459 g/mol. The van der Waals surface area contributed by atoms with E-state index in [4.69, 9.17) is 9.84 Å². The van der Waals surface area contributed by atoms with E-state index in [9.17, 15) is 24.5 Å². The second-order valence-corrected chi connectivity index (χ2v) is 7.25. The number of nitro groups is 1. The number of benzene rings is 3. The van der Waals surface area contributed by atoms with Gasteiger partial charge < -0.3 is 9.84 Å². The molecule has 4 rings (SSSR count). The lowest BCUT2D eigenvalue weighted by Gasteiger charge is -2.14. The molecule has 0 aromatic heterocycles. The molecule has 10 nitrogen and oxygen atoms in total. The molecule has 1 fully saturated rings. The highest BCUT2D eigenvalue weighted by atomic mass is 16.6. The smallest absolute Gasteiger partial charge is 0.335 e. The zero-order valence-electron chi connectivity index (χ0n) is 17.5. The molecule has 1 saturated heterocycles. The first-order valence-corrected chi connectivity index (χ1v) is 9.99. The van der Waals surface area contributed by atoms with Gasteiger partial charge in [-0.3, -0.25) is 25.1 Å². The molecule has 1 aliphatic rings. The van der Waals surface area contributed by atoms with Crippen molar-refractivity contribution in [1.29, 1.82) is 0 Å². The summed E-state index contributed by atoms with van der Waals surface area (Å²) in [5, 5.41) is 21.5. The molecular formula is C24H17N3O7. The van der Waals surface area contributed by atoms with Crippen LogP contribution >= 0.6 is 0 Å². The third-order valence-electron chi connectivity index (χ3n) is 4.98. The van der Waals surface area contributed by atoms with Crippen molar-refractivity contribution in [3.05, 3.63) is 105 Å². The molecule has 1 heterocycles. The summed E-state index contributed by atoms with van der Waals surface area (Å²) in [4.78, 5) is 47.2. The molecule has 2 amide bonds. The predicted molar refractivity (Wildman–Crippen MR) is 121 cm³/mol. The first kappa shape index (κ1) is 22.2. The highest BCUT2D eigenvalue weighted by molar-refractivity contribution is 6.31. The molecule has 0 aliphatic carbocycles. The number of carboxylic acid groups (broad SMARTS) is 1. The maximum Gasteiger partial charge on any atom is 0.335 e. The minimum absolute atomic E-state index is 0.0363. The number of carbonyl (C=O) groups is 3. The van der Waals surface area contributed by atoms with Crippen molar-refractivity contribution >= 4 is 35.2 Å². The van der Waals surface area contributed by atoms with Gasteiger partial charge in [0, 0.05) is 17.7 Å². The topological polar surface area (TPSA) is 139 Å². The van der Waals surface area contributed by atoms with Crippen LogP contribution in [0.2, 0.25) is 0 Å². The molecule has 170 valence electrons. The Hall–Kier alpha value is -4.99. The average Bonchev–Trinajstić information content (AvgIpc) is 3.12. The second kappa shape index (κ2) is 9.25. The van der Waals surface area contributed by atoms with E-state index in [1.165, 1.54) is 36.4 Å². The van der Waals surface area contributed by atoms with Gasteiger partial charge in [0.25, 0.3) is 17.5 Å². The molecule has 0 spiro atoms. The Balaban J connectivity index is 1.66. The summed E-state index contributed by atoms with van der Waals surface area (Å²) >= 11 is 0. The zero-order valence-corrected chi connectivity index (χ0v) is 17.5. The molecule has 10 heteroatoms. The maximum atomic E-state index is 12.9. The van der Waals surface area contributed by atoms with Crippen molar-refractivity contribution in [3.8, 4) is 5.75 Å². The van der Waals surface area contributed by atoms with E-state index in [0.29, 0.717) is 11.3 Å². The van der Waals surface area contributed by atoms with Gasteiger partial charge in [-0.2, -0.15) is 0 Å². The minimum atomic E-state index is -1.09. The summed E-state index contributed by atoms with van der Waals surface area (Å²) in [6.45, 7) is -0.0363. The first-order valence-electron chi connectivity index (χ1n) is 9.99. The Kier molecular flexibility index (Phi) is 6.04. The fraction of sp³-hybridized carbons (Fsp3) is 0.0417. The number of hydrogen-bond donors (Lipinski definition) is 2. The second-order valence-electron chi connectivity index (χ2n) is 7.25. The minimum Gasteiger partial charge on any atom is -0.488 e. The standard InChI is InChI=1S/C24H17N3O7/c28-22-20(23(29)26(25-22)18-7-2-1-3-8-18)13-17-12-19(27(32)33)9-10-21(17)34-14-15-5-4-6-16(11-15)24(30)31/h1-13H,14H2,(H,25,28)(H,30,31). The molecule has 1 aliphatic heterocycles. The normalized spacial score (nSPS) is 14.2. The zero-order chi connectivity index (χ0) is 24.2. The van der Waals surface area contributed by atoms with E-state index in [-0.39, 0.29) is 34.7 Å². The maximum absolute atomic E-state index is 12.9. The summed E-state index contributed by atoms with van der Waals surface area (Å²) < 4.78 is 5.77. The average molecular weight is 459 g/mol. The number of nitro benzene ring substituents is 1. The summed E-state index contributed by atoms with van der Waals surface area (Å²) in [5.74, 6) is -2.20. The third kappa shape index (κ3) is 4.60. The van der Waals surface area contributed by atoms with Crippen LogP contribution in [-0.2, 0) is 16.2 Å². The van der Waals surface area contributed by atoms with Crippen molar-refractivity contribution < 1.29 is 29.2 Å². The first-order chi connectivity index (χ1) is 16.3. The fourth-order valence-corrected chi connectivity index (χ4v) is 3.32. The number of ether oxygens (including phenoxy) is 1. The van der Waals surface area contributed by atoms with E-state index in [0.717, 1.165) is 5.01 Å². The van der Waals surface area contributed by atoms with E-state index in [1.807, 2.05) is 0 Å². The summed E-state index contributed by atoms with van der Waals surface area (Å²) in [6, 6.07) is 18.4. The Morgan fingerprint density at radius 3 is 2.53 bits per heavy atom. The number of nitrogens with zero attached hydrogens (tertiary/aromatic N) is 2. The van der Waals surface area contributed by atoms with Crippen molar-refractivity contribution in [2.75, 3.05) is 5.01 Å². The number of anilines is 1. The van der Waals surface area contributed by atoms with Gasteiger partial charge in [0.1, 0.15) is 17.9 Å². The predicted octanol–water partition coefficient (Wildman–Crippen LogP) is 3.33. The van der Waals surface area contributed by atoms with Crippen molar-refractivity contribution in [1.82, 2.24) is 5.43 Å². The van der Waals surface area contributed by atoms with Crippen LogP contribution in [0.25, 0.3) is 6.08 Å². The number of aromatic carboxylic acids is 1. The summed E-state index contributed by atoms with van der Waals surface area (Å²) in [7, 11) is 0. The van der Waals surface area contributed by atoms with Gasteiger partial charge in [-0.1, -0.05) is 30.3 Å². The molecule has 0 unspecified atom stereocenters. The van der Waals surface area contributed by atoms with Crippen LogP contribution in [0.1, 0.15) is 21.5 Å². The number of amides is 2. The number of para-hydroxylation sites is 1.